The van der Waals surface area contributed by atoms with Crippen molar-refractivity contribution in [3.63, 3.8) is 0 Å². The van der Waals surface area contributed by atoms with Crippen LogP contribution >= 0.6 is 23.5 Å². The summed E-state index contributed by atoms with van der Waals surface area (Å²) >= 11 is 7.24. The molecule has 104 valence electrons. The summed E-state index contributed by atoms with van der Waals surface area (Å²) in [5.74, 6) is 0. The molecule has 0 radical (unpaired) electrons. The first-order valence-corrected chi connectivity index (χ1v) is 7.24. The molecule has 1 heterocycles. The highest BCUT2D eigenvalue weighted by Gasteiger charge is 2.11. The molecule has 0 spiro atoms. The number of halogens is 1. The van der Waals surface area contributed by atoms with Gasteiger partial charge in [-0.05, 0) is 31.0 Å². The molecular formula is C14H14ClN3OS. The number of aromatic nitrogens is 2. The SMILES string of the molecule is C=C(SN)c1cc(-c2ccccc2Cl)nc(OCC)n1. The van der Waals surface area contributed by atoms with Gasteiger partial charge in [-0.2, -0.15) is 9.97 Å². The zero-order valence-corrected chi connectivity index (χ0v) is 12.5. The summed E-state index contributed by atoms with van der Waals surface area (Å²) in [6.45, 7) is 6.21. The third-order valence-electron chi connectivity index (χ3n) is 2.56. The van der Waals surface area contributed by atoms with Crippen molar-refractivity contribution < 1.29 is 4.74 Å². The summed E-state index contributed by atoms with van der Waals surface area (Å²) < 4.78 is 5.39. The molecule has 0 unspecified atom stereocenters. The molecule has 0 amide bonds. The van der Waals surface area contributed by atoms with Crippen molar-refractivity contribution in [2.45, 2.75) is 6.92 Å². The maximum atomic E-state index is 6.20. The standard InChI is InChI=1S/C14H14ClN3OS/c1-3-19-14-17-12(9(2)20-16)8-13(18-14)10-6-4-5-7-11(10)15/h4-8H,2-3,16H2,1H3. The van der Waals surface area contributed by atoms with Crippen molar-refractivity contribution in [1.29, 1.82) is 0 Å². The molecule has 6 heteroatoms. The molecule has 0 saturated carbocycles. The van der Waals surface area contributed by atoms with E-state index in [1.807, 2.05) is 31.2 Å². The Labute approximate surface area is 127 Å². The molecule has 1 aromatic heterocycles. The van der Waals surface area contributed by atoms with Gasteiger partial charge in [0.1, 0.15) is 0 Å². The average Bonchev–Trinajstić information content (AvgIpc) is 2.47. The lowest BCUT2D eigenvalue weighted by atomic mass is 10.1. The minimum atomic E-state index is 0.287. The zero-order chi connectivity index (χ0) is 14.5. The van der Waals surface area contributed by atoms with Gasteiger partial charge in [0, 0.05) is 15.5 Å². The van der Waals surface area contributed by atoms with E-state index in [-0.39, 0.29) is 6.01 Å². The molecule has 4 nitrogen and oxygen atoms in total. The highest BCUT2D eigenvalue weighted by atomic mass is 35.5. The van der Waals surface area contributed by atoms with Crippen molar-refractivity contribution in [3.05, 3.63) is 47.6 Å². The van der Waals surface area contributed by atoms with Gasteiger partial charge in [0.15, 0.2) is 0 Å². The maximum Gasteiger partial charge on any atom is 0.317 e. The minimum Gasteiger partial charge on any atom is -0.464 e. The Balaban J connectivity index is 2.55. The van der Waals surface area contributed by atoms with E-state index in [0.29, 0.717) is 27.9 Å². The highest BCUT2D eigenvalue weighted by Crippen LogP contribution is 2.30. The lowest BCUT2D eigenvalue weighted by molar-refractivity contribution is 0.312. The van der Waals surface area contributed by atoms with Gasteiger partial charge in [0.05, 0.1) is 18.0 Å². The summed E-state index contributed by atoms with van der Waals surface area (Å²) in [7, 11) is 0. The molecule has 0 aliphatic heterocycles. The Kier molecular flexibility index (Phi) is 5.00. The molecule has 0 aliphatic rings. The van der Waals surface area contributed by atoms with Crippen LogP contribution in [-0.4, -0.2) is 16.6 Å². The molecule has 0 fully saturated rings. The van der Waals surface area contributed by atoms with Crippen LogP contribution in [0.5, 0.6) is 6.01 Å². The first-order chi connectivity index (χ1) is 9.65. The van der Waals surface area contributed by atoms with Gasteiger partial charge in [0.2, 0.25) is 0 Å². The summed E-state index contributed by atoms with van der Waals surface area (Å²) in [6, 6.07) is 9.55. The van der Waals surface area contributed by atoms with Crippen LogP contribution in [0.3, 0.4) is 0 Å². The van der Waals surface area contributed by atoms with Crippen LogP contribution in [0.4, 0.5) is 0 Å². The number of rotatable bonds is 5. The van der Waals surface area contributed by atoms with Crippen LogP contribution in [-0.2, 0) is 0 Å². The van der Waals surface area contributed by atoms with Gasteiger partial charge in [-0.25, -0.2) is 0 Å². The first kappa shape index (κ1) is 14.8. The van der Waals surface area contributed by atoms with Crippen LogP contribution in [0.2, 0.25) is 5.02 Å². The molecule has 0 bridgehead atoms. The van der Waals surface area contributed by atoms with Crippen molar-refractivity contribution >= 4 is 28.5 Å². The smallest absolute Gasteiger partial charge is 0.317 e. The van der Waals surface area contributed by atoms with E-state index < -0.39 is 0 Å². The van der Waals surface area contributed by atoms with Crippen molar-refractivity contribution in [1.82, 2.24) is 9.97 Å². The lowest BCUT2D eigenvalue weighted by Crippen LogP contribution is -2.01. The third kappa shape index (κ3) is 3.30. The number of hydrogen-bond acceptors (Lipinski definition) is 5. The maximum absolute atomic E-state index is 6.20. The molecule has 2 N–H and O–H groups in total. The normalized spacial score (nSPS) is 10.3. The van der Waals surface area contributed by atoms with Crippen molar-refractivity contribution in [2.24, 2.45) is 5.14 Å². The fraction of sp³-hybridized carbons (Fsp3) is 0.143. The second kappa shape index (κ2) is 6.74. The van der Waals surface area contributed by atoms with Gasteiger partial charge in [0.25, 0.3) is 0 Å². The quantitative estimate of drug-likeness (QED) is 0.852. The first-order valence-electron chi connectivity index (χ1n) is 5.98. The Morgan fingerprint density at radius 3 is 2.80 bits per heavy atom. The van der Waals surface area contributed by atoms with E-state index in [1.165, 1.54) is 0 Å². The van der Waals surface area contributed by atoms with Crippen LogP contribution in [0.15, 0.2) is 36.9 Å². The second-order valence-electron chi connectivity index (χ2n) is 3.87. The molecule has 0 aliphatic carbocycles. The lowest BCUT2D eigenvalue weighted by Gasteiger charge is -2.09. The minimum absolute atomic E-state index is 0.287. The van der Waals surface area contributed by atoms with Crippen LogP contribution in [0, 0.1) is 0 Å². The Bertz CT molecular complexity index is 634. The zero-order valence-electron chi connectivity index (χ0n) is 11.0. The fourth-order valence-electron chi connectivity index (χ4n) is 1.63. The predicted molar refractivity (Wildman–Crippen MR) is 84.5 cm³/mol. The summed E-state index contributed by atoms with van der Waals surface area (Å²) in [5.41, 5.74) is 2.12. The molecular weight excluding hydrogens is 294 g/mol. The molecule has 2 aromatic rings. The van der Waals surface area contributed by atoms with Crippen molar-refractivity contribution in [3.8, 4) is 17.3 Å². The molecule has 1 aromatic carbocycles. The summed E-state index contributed by atoms with van der Waals surface area (Å²) in [4.78, 5) is 9.27. The van der Waals surface area contributed by atoms with E-state index >= 15 is 0 Å². The van der Waals surface area contributed by atoms with E-state index in [1.54, 1.807) is 6.07 Å². The Hall–Kier alpha value is -1.56. The Morgan fingerprint density at radius 1 is 1.40 bits per heavy atom. The van der Waals surface area contributed by atoms with Gasteiger partial charge >= 0.3 is 6.01 Å². The third-order valence-corrected chi connectivity index (χ3v) is 3.38. The monoisotopic (exact) mass is 307 g/mol. The highest BCUT2D eigenvalue weighted by molar-refractivity contribution is 8.06. The van der Waals surface area contributed by atoms with E-state index in [9.17, 15) is 0 Å². The number of ether oxygens (including phenoxy) is 1. The van der Waals surface area contributed by atoms with Gasteiger partial charge in [-0.3, -0.25) is 5.14 Å². The topological polar surface area (TPSA) is 61.0 Å². The molecule has 0 saturated heterocycles. The van der Waals surface area contributed by atoms with Crippen LogP contribution in [0.1, 0.15) is 12.6 Å². The van der Waals surface area contributed by atoms with E-state index in [0.717, 1.165) is 17.5 Å². The molecule has 20 heavy (non-hydrogen) atoms. The molecule has 0 atom stereocenters. The Morgan fingerprint density at radius 2 is 2.15 bits per heavy atom. The average molecular weight is 308 g/mol. The largest absolute Gasteiger partial charge is 0.464 e. The van der Waals surface area contributed by atoms with E-state index in [2.05, 4.69) is 16.5 Å². The fourth-order valence-corrected chi connectivity index (χ4v) is 2.09. The van der Waals surface area contributed by atoms with Crippen molar-refractivity contribution in [2.75, 3.05) is 6.61 Å². The second-order valence-corrected chi connectivity index (χ2v) is 5.01. The number of nitrogens with zero attached hydrogens (tertiary/aromatic N) is 2. The number of hydrogen-bond donors (Lipinski definition) is 1. The number of nitrogens with two attached hydrogens (primary N) is 1. The summed E-state index contributed by atoms with van der Waals surface area (Å²) in [5, 5.41) is 6.15. The van der Waals surface area contributed by atoms with Crippen LogP contribution in [0.25, 0.3) is 16.2 Å². The van der Waals surface area contributed by atoms with E-state index in [4.69, 9.17) is 21.5 Å². The molecule has 2 rings (SSSR count). The van der Waals surface area contributed by atoms with Gasteiger partial charge < -0.3 is 4.74 Å². The predicted octanol–water partition coefficient (Wildman–Crippen LogP) is 3.77. The number of benzene rings is 1. The van der Waals surface area contributed by atoms with Gasteiger partial charge in [-0.1, -0.05) is 36.4 Å². The van der Waals surface area contributed by atoms with Gasteiger partial charge in [-0.15, -0.1) is 0 Å². The van der Waals surface area contributed by atoms with Crippen LogP contribution < -0.4 is 9.88 Å². The summed E-state index contributed by atoms with van der Waals surface area (Å²) in [6.07, 6.45) is 0.